The second-order valence-corrected chi connectivity index (χ2v) is 9.83. The molecule has 0 aromatic heterocycles. The van der Waals surface area contributed by atoms with Crippen LogP contribution < -0.4 is 0 Å². The Morgan fingerprint density at radius 3 is 2.67 bits per heavy atom. The lowest BCUT2D eigenvalue weighted by Crippen LogP contribution is -2.58. The standard InChI is InChI=1S/C29H31NO6/c1-30-12-11-29-16-23(32)24(34-2)15-21(29)22(30)14-20-19(17-31)13-25(35-3)28(27(20)29)36-26(33)10-9-18-7-5-4-6-8-18/h4-10,15,17,21-22,31H,11-14,16H2,1-3H3/b10-9+,19-17?/t21-,22+,29-/m0/s1. The number of nitrogens with zero attached hydrogens (tertiary/aromatic N) is 1. The van der Waals surface area contributed by atoms with Crippen molar-refractivity contribution in [3.63, 3.8) is 0 Å². The van der Waals surface area contributed by atoms with Crippen LogP contribution in [0.4, 0.5) is 0 Å². The van der Waals surface area contributed by atoms with Gasteiger partial charge in [0.15, 0.2) is 17.3 Å². The van der Waals surface area contributed by atoms with E-state index in [9.17, 15) is 14.7 Å². The Morgan fingerprint density at radius 2 is 1.97 bits per heavy atom. The van der Waals surface area contributed by atoms with E-state index in [0.717, 1.165) is 35.1 Å². The Kier molecular flexibility index (Phi) is 6.35. The predicted molar refractivity (Wildman–Crippen MR) is 134 cm³/mol. The molecule has 1 N–H and O–H groups in total. The fourth-order valence-electron chi connectivity index (χ4n) is 6.33. The maximum absolute atomic E-state index is 13.2. The normalized spacial score (nSPS) is 29.1. The molecule has 1 aromatic carbocycles. The summed E-state index contributed by atoms with van der Waals surface area (Å²) >= 11 is 0. The number of hydrogen-bond donors (Lipinski definition) is 1. The van der Waals surface area contributed by atoms with Gasteiger partial charge in [-0.3, -0.25) is 4.79 Å². The predicted octanol–water partition coefficient (Wildman–Crippen LogP) is 4.46. The first-order chi connectivity index (χ1) is 17.4. The number of aliphatic hydroxyl groups excluding tert-OH is 1. The van der Waals surface area contributed by atoms with Gasteiger partial charge in [0.05, 0.1) is 20.5 Å². The van der Waals surface area contributed by atoms with Gasteiger partial charge in [-0.05, 0) is 55.3 Å². The van der Waals surface area contributed by atoms with Gasteiger partial charge in [0, 0.05) is 41.9 Å². The van der Waals surface area contributed by atoms with Crippen molar-refractivity contribution in [2.24, 2.45) is 11.3 Å². The van der Waals surface area contributed by atoms with Crippen molar-refractivity contribution >= 4 is 17.8 Å². The summed E-state index contributed by atoms with van der Waals surface area (Å²) in [6.45, 7) is 0.803. The van der Waals surface area contributed by atoms with Gasteiger partial charge in [-0.25, -0.2) is 4.79 Å². The molecule has 3 aliphatic carbocycles. The molecule has 0 amide bonds. The zero-order valence-electron chi connectivity index (χ0n) is 20.8. The highest BCUT2D eigenvalue weighted by Crippen LogP contribution is 2.61. The number of aliphatic hydroxyl groups is 1. The molecular weight excluding hydrogens is 458 g/mol. The highest BCUT2D eigenvalue weighted by atomic mass is 16.6. The van der Waals surface area contributed by atoms with Crippen molar-refractivity contribution in [2.75, 3.05) is 27.8 Å². The number of carbonyl (C=O) groups excluding carboxylic acids is 2. The van der Waals surface area contributed by atoms with Crippen LogP contribution in [0.2, 0.25) is 0 Å². The third-order valence-corrected chi connectivity index (χ3v) is 8.08. The number of hydrogen-bond acceptors (Lipinski definition) is 7. The van der Waals surface area contributed by atoms with Crippen molar-refractivity contribution in [3.05, 3.63) is 88.3 Å². The molecule has 0 saturated carbocycles. The summed E-state index contributed by atoms with van der Waals surface area (Å²) in [6, 6.07) is 9.65. The first-order valence-electron chi connectivity index (χ1n) is 12.2. The number of esters is 1. The Hall–Kier alpha value is -3.58. The lowest BCUT2D eigenvalue weighted by molar-refractivity contribution is -0.134. The van der Waals surface area contributed by atoms with Gasteiger partial charge >= 0.3 is 5.97 Å². The van der Waals surface area contributed by atoms with Crippen molar-refractivity contribution in [3.8, 4) is 0 Å². The first-order valence-corrected chi connectivity index (χ1v) is 12.2. The molecule has 2 bridgehead atoms. The number of piperidine rings is 1. The highest BCUT2D eigenvalue weighted by molar-refractivity contribution is 5.96. The molecule has 1 saturated heterocycles. The second-order valence-electron chi connectivity index (χ2n) is 9.83. The van der Waals surface area contributed by atoms with Crippen LogP contribution in [0.15, 0.2) is 82.7 Å². The Morgan fingerprint density at radius 1 is 1.19 bits per heavy atom. The minimum atomic E-state index is -0.582. The number of rotatable bonds is 5. The summed E-state index contributed by atoms with van der Waals surface area (Å²) in [7, 11) is 5.15. The molecule has 1 aromatic rings. The van der Waals surface area contributed by atoms with Crippen LogP contribution in [0.5, 0.6) is 0 Å². The second kappa shape index (κ2) is 9.47. The lowest BCUT2D eigenvalue weighted by Gasteiger charge is -2.58. The average molecular weight is 490 g/mol. The van der Waals surface area contributed by atoms with Crippen LogP contribution in [0, 0.1) is 11.3 Å². The summed E-state index contributed by atoms with van der Waals surface area (Å²) in [5, 5.41) is 10.2. The molecule has 1 fully saturated rings. The lowest BCUT2D eigenvalue weighted by atomic mass is 9.52. The van der Waals surface area contributed by atoms with Gasteiger partial charge < -0.3 is 24.2 Å². The number of benzene rings is 1. The van der Waals surface area contributed by atoms with E-state index < -0.39 is 11.4 Å². The van der Waals surface area contributed by atoms with Crippen LogP contribution in [-0.2, 0) is 23.8 Å². The smallest absolute Gasteiger partial charge is 0.336 e. The monoisotopic (exact) mass is 489 g/mol. The van der Waals surface area contributed by atoms with E-state index in [0.29, 0.717) is 36.5 Å². The molecule has 36 heavy (non-hydrogen) atoms. The van der Waals surface area contributed by atoms with Crippen molar-refractivity contribution in [1.29, 1.82) is 0 Å². The van der Waals surface area contributed by atoms with E-state index in [4.69, 9.17) is 14.2 Å². The first kappa shape index (κ1) is 24.1. The quantitative estimate of drug-likeness (QED) is 0.371. The Labute approximate surface area is 211 Å². The molecule has 0 radical (unpaired) electrons. The summed E-state index contributed by atoms with van der Waals surface area (Å²) in [6.07, 6.45) is 8.10. The van der Waals surface area contributed by atoms with E-state index in [2.05, 4.69) is 11.9 Å². The number of likely N-dealkylation sites (tertiary alicyclic amines) is 1. The summed E-state index contributed by atoms with van der Waals surface area (Å²) in [4.78, 5) is 28.5. The SMILES string of the molecule is COC1=C[C@H]2[C@H]3CC4=C(C(OC(=O)/C=C/c5ccccc5)=C(OC)CC4=CO)[C@@]2(CCN3C)CC1=O. The van der Waals surface area contributed by atoms with E-state index in [-0.39, 0.29) is 24.2 Å². The largest absolute Gasteiger partial charge is 0.515 e. The molecule has 7 nitrogen and oxygen atoms in total. The Bertz CT molecular complexity index is 1240. The van der Waals surface area contributed by atoms with Crippen LogP contribution in [-0.4, -0.2) is 55.6 Å². The summed E-state index contributed by atoms with van der Waals surface area (Å²) < 4.78 is 17.2. The van der Waals surface area contributed by atoms with E-state index in [1.165, 1.54) is 20.3 Å². The zero-order valence-corrected chi connectivity index (χ0v) is 20.8. The molecule has 4 aliphatic rings. The van der Waals surface area contributed by atoms with Crippen LogP contribution in [0.3, 0.4) is 0 Å². The maximum atomic E-state index is 13.2. The molecule has 188 valence electrons. The van der Waals surface area contributed by atoms with E-state index in [1.807, 2.05) is 36.4 Å². The third kappa shape index (κ3) is 3.88. The number of methoxy groups -OCH3 is 2. The minimum absolute atomic E-state index is 0.00707. The molecule has 0 unspecified atom stereocenters. The number of allylic oxidation sites excluding steroid dienone is 3. The molecule has 5 rings (SSSR count). The molecule has 7 heteroatoms. The fraction of sp³-hybridized carbons (Fsp3) is 0.379. The number of ether oxygens (including phenoxy) is 3. The van der Waals surface area contributed by atoms with Crippen molar-refractivity contribution in [1.82, 2.24) is 4.90 Å². The fourth-order valence-corrected chi connectivity index (χ4v) is 6.33. The minimum Gasteiger partial charge on any atom is -0.515 e. The van der Waals surface area contributed by atoms with Gasteiger partial charge in [0.2, 0.25) is 0 Å². The van der Waals surface area contributed by atoms with Crippen LogP contribution >= 0.6 is 0 Å². The number of Topliss-reactive ketones (excluding diaryl/α,β-unsaturated/α-hetero) is 1. The summed E-state index contributed by atoms with van der Waals surface area (Å²) in [5.74, 6) is 0.622. The summed E-state index contributed by atoms with van der Waals surface area (Å²) in [5.41, 5.74) is 2.77. The number of carbonyl (C=O) groups is 2. The van der Waals surface area contributed by atoms with Gasteiger partial charge in [-0.15, -0.1) is 0 Å². The van der Waals surface area contributed by atoms with Crippen molar-refractivity contribution < 1.29 is 28.9 Å². The van der Waals surface area contributed by atoms with Gasteiger partial charge in [-0.2, -0.15) is 0 Å². The molecule has 1 heterocycles. The zero-order chi connectivity index (χ0) is 25.4. The maximum Gasteiger partial charge on any atom is 0.336 e. The van der Waals surface area contributed by atoms with Crippen LogP contribution in [0.1, 0.15) is 31.2 Å². The third-order valence-electron chi connectivity index (χ3n) is 8.08. The van der Waals surface area contributed by atoms with Gasteiger partial charge in [-0.1, -0.05) is 30.3 Å². The van der Waals surface area contributed by atoms with Crippen LogP contribution in [0.25, 0.3) is 6.08 Å². The van der Waals surface area contributed by atoms with E-state index in [1.54, 1.807) is 6.08 Å². The molecule has 1 aliphatic heterocycles. The molecular formula is C29H31NO6. The molecule has 0 spiro atoms. The Balaban J connectivity index is 1.62. The average Bonchev–Trinajstić information content (AvgIpc) is 2.89. The number of ketones is 1. The highest BCUT2D eigenvalue weighted by Gasteiger charge is 2.59. The van der Waals surface area contributed by atoms with Crippen molar-refractivity contribution in [2.45, 2.75) is 31.7 Å². The van der Waals surface area contributed by atoms with Gasteiger partial charge in [0.1, 0.15) is 5.76 Å². The topological polar surface area (TPSA) is 85.3 Å². The molecule has 3 atom stereocenters. The van der Waals surface area contributed by atoms with Gasteiger partial charge in [0.25, 0.3) is 0 Å². The van der Waals surface area contributed by atoms with E-state index >= 15 is 0 Å².